The second kappa shape index (κ2) is 9.22. The SMILES string of the molecule is CC(C)=C/C(=C(\C)Nc1ccc(C)cc1C(O)(C(F)(F)F)C(F)(F)F)C(O)(C(F)(F)F)C(F)(F)F. The maximum absolute atomic E-state index is 13.4. The van der Waals surface area contributed by atoms with E-state index < -0.39 is 58.4 Å². The highest BCUT2D eigenvalue weighted by molar-refractivity contribution is 5.61. The molecule has 0 saturated carbocycles. The summed E-state index contributed by atoms with van der Waals surface area (Å²) in [7, 11) is 0. The highest BCUT2D eigenvalue weighted by atomic mass is 19.4. The van der Waals surface area contributed by atoms with Crippen molar-refractivity contribution in [3.05, 3.63) is 52.2 Å². The Balaban J connectivity index is 4.06. The molecule has 0 aromatic heterocycles. The molecule has 0 saturated heterocycles. The van der Waals surface area contributed by atoms with Gasteiger partial charge in [-0.05, 0) is 33.8 Å². The smallest absolute Gasteiger partial charge is 0.369 e. The molecule has 0 atom stereocenters. The van der Waals surface area contributed by atoms with Gasteiger partial charge < -0.3 is 15.5 Å². The molecule has 0 aliphatic heterocycles. The van der Waals surface area contributed by atoms with Crippen LogP contribution in [0.15, 0.2) is 41.1 Å². The first kappa shape index (κ1) is 30.6. The fourth-order valence-electron chi connectivity index (χ4n) is 3.04. The average Bonchev–Trinajstić information content (AvgIpc) is 2.62. The Morgan fingerprint density at radius 1 is 0.743 bits per heavy atom. The van der Waals surface area contributed by atoms with Crippen LogP contribution >= 0.6 is 0 Å². The molecule has 3 nitrogen and oxygen atoms in total. The van der Waals surface area contributed by atoms with Crippen LogP contribution in [0.3, 0.4) is 0 Å². The van der Waals surface area contributed by atoms with Gasteiger partial charge in [-0.1, -0.05) is 29.3 Å². The third-order valence-corrected chi connectivity index (χ3v) is 4.75. The van der Waals surface area contributed by atoms with Gasteiger partial charge in [-0.2, -0.15) is 52.7 Å². The molecular formula is C20H19F12NO2. The van der Waals surface area contributed by atoms with Gasteiger partial charge in [0.2, 0.25) is 0 Å². The lowest BCUT2D eigenvalue weighted by molar-refractivity contribution is -0.376. The molecule has 15 heteroatoms. The number of rotatable bonds is 5. The number of anilines is 1. The molecule has 1 aromatic rings. The van der Waals surface area contributed by atoms with Gasteiger partial charge in [-0.3, -0.25) is 0 Å². The predicted molar refractivity (Wildman–Crippen MR) is 100.0 cm³/mol. The monoisotopic (exact) mass is 533 g/mol. The van der Waals surface area contributed by atoms with Crippen molar-refractivity contribution in [3.8, 4) is 0 Å². The molecular weight excluding hydrogens is 514 g/mol. The van der Waals surface area contributed by atoms with E-state index in [4.69, 9.17) is 0 Å². The first-order valence-electron chi connectivity index (χ1n) is 9.28. The van der Waals surface area contributed by atoms with Crippen molar-refractivity contribution in [2.75, 3.05) is 5.32 Å². The summed E-state index contributed by atoms with van der Waals surface area (Å²) >= 11 is 0. The Labute approximate surface area is 190 Å². The fourth-order valence-corrected chi connectivity index (χ4v) is 3.04. The molecule has 0 spiro atoms. The summed E-state index contributed by atoms with van der Waals surface area (Å²) in [5.74, 6) is 0. The zero-order valence-corrected chi connectivity index (χ0v) is 18.2. The van der Waals surface area contributed by atoms with Gasteiger partial charge in [0.15, 0.2) is 0 Å². The number of benzene rings is 1. The zero-order chi connectivity index (χ0) is 28.0. The maximum Gasteiger partial charge on any atom is 0.430 e. The van der Waals surface area contributed by atoms with Crippen molar-refractivity contribution < 1.29 is 62.9 Å². The van der Waals surface area contributed by atoms with Gasteiger partial charge in [0.05, 0.1) is 0 Å². The minimum Gasteiger partial charge on any atom is -0.369 e. The lowest BCUT2D eigenvalue weighted by atomic mass is 9.87. The van der Waals surface area contributed by atoms with Gasteiger partial charge in [0, 0.05) is 22.5 Å². The molecule has 0 bridgehead atoms. The van der Waals surface area contributed by atoms with Gasteiger partial charge in [0.25, 0.3) is 11.2 Å². The Hall–Kier alpha value is -2.42. The molecule has 1 rings (SSSR count). The van der Waals surface area contributed by atoms with Crippen LogP contribution in [-0.2, 0) is 5.60 Å². The van der Waals surface area contributed by atoms with E-state index >= 15 is 0 Å². The average molecular weight is 533 g/mol. The summed E-state index contributed by atoms with van der Waals surface area (Å²) in [5, 5.41) is 21.2. The summed E-state index contributed by atoms with van der Waals surface area (Å²) in [6.07, 6.45) is -25.4. The predicted octanol–water partition coefficient (Wildman–Crippen LogP) is 6.82. The second-order valence-electron chi connectivity index (χ2n) is 7.85. The minimum atomic E-state index is -6.40. The van der Waals surface area contributed by atoms with Crippen molar-refractivity contribution in [3.63, 3.8) is 0 Å². The Bertz CT molecular complexity index is 965. The molecule has 0 radical (unpaired) electrons. The number of aryl methyl sites for hydroxylation is 1. The molecule has 200 valence electrons. The second-order valence-corrected chi connectivity index (χ2v) is 7.85. The summed E-state index contributed by atoms with van der Waals surface area (Å²) in [6.45, 7) is 3.57. The maximum atomic E-state index is 13.4. The number of hydrogen-bond donors (Lipinski definition) is 3. The van der Waals surface area contributed by atoms with Crippen molar-refractivity contribution in [1.82, 2.24) is 0 Å². The van der Waals surface area contributed by atoms with E-state index in [0.29, 0.717) is 13.0 Å². The number of alkyl halides is 12. The number of hydrogen-bond acceptors (Lipinski definition) is 3. The zero-order valence-electron chi connectivity index (χ0n) is 18.2. The van der Waals surface area contributed by atoms with Crippen LogP contribution in [0.25, 0.3) is 0 Å². The largest absolute Gasteiger partial charge is 0.430 e. The van der Waals surface area contributed by atoms with E-state index in [1.807, 2.05) is 0 Å². The van der Waals surface area contributed by atoms with Crippen molar-refractivity contribution in [2.45, 2.75) is 63.6 Å². The van der Waals surface area contributed by atoms with Crippen LogP contribution in [0.1, 0.15) is 31.9 Å². The molecule has 0 aliphatic carbocycles. The van der Waals surface area contributed by atoms with E-state index in [1.165, 1.54) is 0 Å². The number of halogens is 12. The Morgan fingerprint density at radius 2 is 1.17 bits per heavy atom. The van der Waals surface area contributed by atoms with Crippen LogP contribution in [0.5, 0.6) is 0 Å². The van der Waals surface area contributed by atoms with Crippen molar-refractivity contribution in [1.29, 1.82) is 0 Å². The van der Waals surface area contributed by atoms with E-state index in [-0.39, 0.29) is 23.3 Å². The molecule has 1 aromatic carbocycles. The molecule has 35 heavy (non-hydrogen) atoms. The molecule has 0 fully saturated rings. The quantitative estimate of drug-likeness (QED) is 0.288. The summed E-state index contributed by atoms with van der Waals surface area (Å²) in [4.78, 5) is 0. The molecule has 0 unspecified atom stereocenters. The summed E-state index contributed by atoms with van der Waals surface area (Å²) < 4.78 is 161. The normalized spacial score (nSPS) is 15.0. The lowest BCUT2D eigenvalue weighted by Gasteiger charge is -2.36. The van der Waals surface area contributed by atoms with Gasteiger partial charge in [0.1, 0.15) is 0 Å². The third-order valence-electron chi connectivity index (χ3n) is 4.75. The lowest BCUT2D eigenvalue weighted by Crippen LogP contribution is -2.58. The van der Waals surface area contributed by atoms with Gasteiger partial charge >= 0.3 is 24.7 Å². The van der Waals surface area contributed by atoms with E-state index in [2.05, 4.69) is 0 Å². The molecule has 3 N–H and O–H groups in total. The van der Waals surface area contributed by atoms with E-state index in [0.717, 1.165) is 26.8 Å². The first-order chi connectivity index (χ1) is 15.3. The van der Waals surface area contributed by atoms with Crippen molar-refractivity contribution >= 4 is 5.69 Å². The Kier molecular flexibility index (Phi) is 8.07. The topological polar surface area (TPSA) is 52.5 Å². The van der Waals surface area contributed by atoms with Crippen LogP contribution < -0.4 is 5.32 Å². The van der Waals surface area contributed by atoms with Crippen molar-refractivity contribution in [2.24, 2.45) is 0 Å². The van der Waals surface area contributed by atoms with E-state index in [9.17, 15) is 62.9 Å². The Morgan fingerprint density at radius 3 is 1.51 bits per heavy atom. The van der Waals surface area contributed by atoms with Crippen LogP contribution in [0.4, 0.5) is 58.4 Å². The highest BCUT2D eigenvalue weighted by Crippen LogP contribution is 2.53. The number of aliphatic hydroxyl groups is 2. The molecule has 0 amide bonds. The van der Waals surface area contributed by atoms with Crippen LogP contribution in [0.2, 0.25) is 0 Å². The minimum absolute atomic E-state index is 0.219. The van der Waals surface area contributed by atoms with E-state index in [1.54, 1.807) is 5.32 Å². The third kappa shape index (κ3) is 5.55. The summed E-state index contributed by atoms with van der Waals surface area (Å²) in [6, 6.07) is 1.61. The van der Waals surface area contributed by atoms with Crippen LogP contribution in [0, 0.1) is 6.92 Å². The molecule has 0 heterocycles. The fraction of sp³-hybridized carbons (Fsp3) is 0.500. The van der Waals surface area contributed by atoms with Gasteiger partial charge in [-0.25, -0.2) is 0 Å². The van der Waals surface area contributed by atoms with Crippen LogP contribution in [-0.4, -0.2) is 40.5 Å². The number of nitrogens with one attached hydrogen (secondary N) is 1. The molecule has 0 aliphatic rings. The summed E-state index contributed by atoms with van der Waals surface area (Å²) in [5.41, 5.74) is -18.1. The van der Waals surface area contributed by atoms with Gasteiger partial charge in [-0.15, -0.1) is 0 Å². The highest BCUT2D eigenvalue weighted by Gasteiger charge is 2.73. The standard InChI is InChI=1S/C20H19F12NO2/c1-9(2)7-12(15(34,17(21,22)23)18(24,25)26)11(4)33-14-6-5-10(3)8-13(14)16(35,19(27,28)29)20(30,31)32/h5-8,33-35H,1-4H3/b12-11-. The first-order valence-corrected chi connectivity index (χ1v) is 9.28. The number of allylic oxidation sites excluding steroid dienone is 2.